The predicted octanol–water partition coefficient (Wildman–Crippen LogP) is 3.00. The maximum atomic E-state index is 6.34. The number of thiophene rings is 1. The summed E-state index contributed by atoms with van der Waals surface area (Å²) in [5, 5.41) is 0. The van der Waals surface area contributed by atoms with Crippen LogP contribution in [0.25, 0.3) is 0 Å². The first-order valence-corrected chi connectivity index (χ1v) is 9.97. The molecule has 1 aromatic heterocycles. The first kappa shape index (κ1) is 18.3. The van der Waals surface area contributed by atoms with Crippen LogP contribution in [0.15, 0.2) is 12.1 Å². The molecule has 1 aromatic rings. The largest absolute Gasteiger partial charge is 0.377 e. The quantitative estimate of drug-likeness (QED) is 0.813. The Morgan fingerprint density at radius 3 is 2.96 bits per heavy atom. The third kappa shape index (κ3) is 4.58. The second-order valence-electron chi connectivity index (χ2n) is 7.87. The summed E-state index contributed by atoms with van der Waals surface area (Å²) in [6.45, 7) is 13.2. The van der Waals surface area contributed by atoms with Gasteiger partial charge >= 0.3 is 0 Å². The van der Waals surface area contributed by atoms with E-state index in [0.29, 0.717) is 12.0 Å². The Morgan fingerprint density at radius 1 is 1.42 bits per heavy atom. The first-order valence-electron chi connectivity index (χ1n) is 9.15. The van der Waals surface area contributed by atoms with Gasteiger partial charge in [0.2, 0.25) is 0 Å². The number of hydrogen-bond donors (Lipinski definition) is 0. The zero-order valence-corrected chi connectivity index (χ0v) is 16.4. The van der Waals surface area contributed by atoms with Crippen LogP contribution in [0.5, 0.6) is 0 Å². The van der Waals surface area contributed by atoms with E-state index in [1.165, 1.54) is 9.75 Å². The Balaban J connectivity index is 1.60. The predicted molar refractivity (Wildman–Crippen MR) is 99.7 cm³/mol. The summed E-state index contributed by atoms with van der Waals surface area (Å²) in [5.41, 5.74) is -0.106. The third-order valence-electron chi connectivity index (χ3n) is 5.32. The summed E-state index contributed by atoms with van der Waals surface area (Å²) in [4.78, 5) is 7.78. The highest BCUT2D eigenvalue weighted by molar-refractivity contribution is 7.11. The summed E-state index contributed by atoms with van der Waals surface area (Å²) in [5.74, 6) is 0.616. The van der Waals surface area contributed by atoms with Gasteiger partial charge in [-0.15, -0.1) is 11.3 Å². The normalized spacial score (nSPS) is 29.0. The van der Waals surface area contributed by atoms with Crippen molar-refractivity contribution in [1.82, 2.24) is 9.80 Å². The van der Waals surface area contributed by atoms with Crippen molar-refractivity contribution < 1.29 is 9.47 Å². The second-order valence-corrected chi connectivity index (χ2v) is 9.25. The lowest BCUT2D eigenvalue weighted by Gasteiger charge is -2.31. The molecule has 2 fully saturated rings. The maximum absolute atomic E-state index is 6.34. The van der Waals surface area contributed by atoms with Crippen molar-refractivity contribution in [2.45, 2.75) is 45.4 Å². The molecule has 2 atom stereocenters. The minimum atomic E-state index is -0.106. The lowest BCUT2D eigenvalue weighted by Crippen LogP contribution is -2.44. The van der Waals surface area contributed by atoms with Gasteiger partial charge in [-0.25, -0.2) is 0 Å². The van der Waals surface area contributed by atoms with Crippen LogP contribution in [0.2, 0.25) is 0 Å². The molecule has 0 radical (unpaired) electrons. The highest BCUT2D eigenvalue weighted by atomic mass is 32.1. The fourth-order valence-corrected chi connectivity index (χ4v) is 4.73. The van der Waals surface area contributed by atoms with Gasteiger partial charge in [0.1, 0.15) is 5.60 Å². The molecule has 5 heteroatoms. The molecule has 0 aliphatic carbocycles. The molecule has 0 bridgehead atoms. The van der Waals surface area contributed by atoms with Gasteiger partial charge in [0.25, 0.3) is 0 Å². The van der Waals surface area contributed by atoms with Crippen molar-refractivity contribution in [3.8, 4) is 0 Å². The van der Waals surface area contributed by atoms with Gasteiger partial charge in [0.15, 0.2) is 0 Å². The van der Waals surface area contributed by atoms with Crippen molar-refractivity contribution in [3.63, 3.8) is 0 Å². The Morgan fingerprint density at radius 2 is 2.25 bits per heavy atom. The minimum Gasteiger partial charge on any atom is -0.377 e. The van der Waals surface area contributed by atoms with E-state index >= 15 is 0 Å². The standard InChI is InChI=1S/C19H32N2O2S/c1-15(2)20(4)10-17-9-19(23-12-17)13-21(7-8-22-14-19)11-18-6-5-16(3)24-18/h5-6,15,17H,7-14H2,1-4H3/t17-,19-/m1/s1. The number of hydrogen-bond acceptors (Lipinski definition) is 5. The smallest absolute Gasteiger partial charge is 0.104 e. The monoisotopic (exact) mass is 352 g/mol. The Kier molecular flexibility index (Phi) is 5.98. The van der Waals surface area contributed by atoms with Crippen molar-refractivity contribution >= 4 is 11.3 Å². The lowest BCUT2D eigenvalue weighted by molar-refractivity contribution is -0.0562. The van der Waals surface area contributed by atoms with E-state index in [1.807, 2.05) is 11.3 Å². The summed E-state index contributed by atoms with van der Waals surface area (Å²) in [6, 6.07) is 5.06. The van der Waals surface area contributed by atoms with Crippen LogP contribution >= 0.6 is 11.3 Å². The van der Waals surface area contributed by atoms with Gasteiger partial charge in [-0.2, -0.15) is 0 Å². The van der Waals surface area contributed by atoms with Crippen LogP contribution < -0.4 is 0 Å². The molecule has 0 saturated carbocycles. The van der Waals surface area contributed by atoms with Crippen molar-refractivity contribution in [1.29, 1.82) is 0 Å². The van der Waals surface area contributed by atoms with Crippen molar-refractivity contribution in [2.24, 2.45) is 5.92 Å². The van der Waals surface area contributed by atoms with Crippen LogP contribution in [-0.4, -0.2) is 67.9 Å². The molecule has 4 nitrogen and oxygen atoms in total. The zero-order chi connectivity index (χ0) is 17.2. The fourth-order valence-electron chi connectivity index (χ4n) is 3.79. The molecule has 3 heterocycles. The zero-order valence-electron chi connectivity index (χ0n) is 15.6. The van der Waals surface area contributed by atoms with Gasteiger partial charge in [-0.3, -0.25) is 4.90 Å². The third-order valence-corrected chi connectivity index (χ3v) is 6.30. The van der Waals surface area contributed by atoms with Crippen molar-refractivity contribution in [2.75, 3.05) is 46.5 Å². The highest BCUT2D eigenvalue weighted by Gasteiger charge is 2.43. The Bertz CT molecular complexity index is 533. The molecular formula is C19H32N2O2S. The van der Waals surface area contributed by atoms with E-state index in [4.69, 9.17) is 9.47 Å². The maximum Gasteiger partial charge on any atom is 0.104 e. The van der Waals surface area contributed by atoms with Crippen LogP contribution in [-0.2, 0) is 16.0 Å². The van der Waals surface area contributed by atoms with Gasteiger partial charge in [-0.05, 0) is 52.3 Å². The van der Waals surface area contributed by atoms with E-state index in [9.17, 15) is 0 Å². The number of aryl methyl sites for hydroxylation is 1. The highest BCUT2D eigenvalue weighted by Crippen LogP contribution is 2.34. The molecule has 1 spiro atoms. The molecule has 0 amide bonds. The van der Waals surface area contributed by atoms with E-state index in [0.717, 1.165) is 52.4 Å². The SMILES string of the molecule is Cc1ccc(CN2CCOC[C@@]3(C[C@H](CN(C)C(C)C)CO3)C2)s1. The van der Waals surface area contributed by atoms with E-state index < -0.39 is 0 Å². The van der Waals surface area contributed by atoms with Crippen LogP contribution in [0.1, 0.15) is 30.0 Å². The first-order chi connectivity index (χ1) is 11.5. The van der Waals surface area contributed by atoms with Crippen LogP contribution in [0.4, 0.5) is 0 Å². The molecule has 2 saturated heterocycles. The summed E-state index contributed by atoms with van der Waals surface area (Å²) in [7, 11) is 2.21. The van der Waals surface area contributed by atoms with Gasteiger partial charge in [0, 0.05) is 42.0 Å². The Hall–Kier alpha value is -0.460. The summed E-state index contributed by atoms with van der Waals surface area (Å²) in [6.07, 6.45) is 1.12. The van der Waals surface area contributed by atoms with Gasteiger partial charge in [0.05, 0.1) is 19.8 Å². The van der Waals surface area contributed by atoms with Gasteiger partial charge < -0.3 is 14.4 Å². The molecular weight excluding hydrogens is 320 g/mol. The molecule has 3 rings (SSSR count). The average molecular weight is 353 g/mol. The fraction of sp³-hybridized carbons (Fsp3) is 0.789. The van der Waals surface area contributed by atoms with Crippen molar-refractivity contribution in [3.05, 3.63) is 21.9 Å². The van der Waals surface area contributed by atoms with E-state index in [2.05, 4.69) is 49.8 Å². The molecule has 24 heavy (non-hydrogen) atoms. The molecule has 136 valence electrons. The minimum absolute atomic E-state index is 0.106. The molecule has 2 aliphatic rings. The number of nitrogens with zero attached hydrogens (tertiary/aromatic N) is 2. The van der Waals surface area contributed by atoms with Gasteiger partial charge in [-0.1, -0.05) is 0 Å². The summed E-state index contributed by atoms with van der Waals surface area (Å²) < 4.78 is 12.3. The summed E-state index contributed by atoms with van der Waals surface area (Å²) >= 11 is 1.90. The Labute approximate surface area is 150 Å². The van der Waals surface area contributed by atoms with Crippen LogP contribution in [0.3, 0.4) is 0 Å². The van der Waals surface area contributed by atoms with E-state index in [1.54, 1.807) is 0 Å². The molecule has 0 unspecified atom stereocenters. The number of ether oxygens (including phenoxy) is 2. The number of rotatable bonds is 5. The molecule has 0 aromatic carbocycles. The molecule has 2 aliphatic heterocycles. The average Bonchev–Trinajstić information content (AvgIpc) is 3.04. The molecule has 0 N–H and O–H groups in total. The van der Waals surface area contributed by atoms with E-state index in [-0.39, 0.29) is 5.60 Å². The topological polar surface area (TPSA) is 24.9 Å². The van der Waals surface area contributed by atoms with Crippen LogP contribution in [0, 0.1) is 12.8 Å². The second kappa shape index (κ2) is 7.83. The lowest BCUT2D eigenvalue weighted by atomic mass is 9.93.